The van der Waals surface area contributed by atoms with Crippen LogP contribution in [0, 0.1) is 3.57 Å². The van der Waals surface area contributed by atoms with Crippen molar-refractivity contribution in [3.63, 3.8) is 0 Å². The van der Waals surface area contributed by atoms with Crippen molar-refractivity contribution in [2.75, 3.05) is 13.2 Å². The Labute approximate surface area is 113 Å². The van der Waals surface area contributed by atoms with Crippen molar-refractivity contribution in [3.8, 4) is 0 Å². The Morgan fingerprint density at radius 2 is 1.76 bits per heavy atom. The molecule has 0 saturated heterocycles. The average molecular weight is 346 g/mol. The monoisotopic (exact) mass is 346 g/mol. The summed E-state index contributed by atoms with van der Waals surface area (Å²) in [6, 6.07) is 6.99. The molecule has 0 aliphatic carbocycles. The minimum absolute atomic E-state index is 0.0287. The van der Waals surface area contributed by atoms with Gasteiger partial charge in [0.25, 0.3) is 0 Å². The fourth-order valence-electron chi connectivity index (χ4n) is 1.00. The molecule has 0 saturated carbocycles. The van der Waals surface area contributed by atoms with Crippen LogP contribution in [-0.4, -0.2) is 25.2 Å². The van der Waals surface area contributed by atoms with Crippen molar-refractivity contribution >= 4 is 34.5 Å². The predicted molar refractivity (Wildman–Crippen MR) is 70.6 cm³/mol. The zero-order chi connectivity index (χ0) is 12.7. The van der Waals surface area contributed by atoms with Gasteiger partial charge in [-0.15, -0.1) is 0 Å². The summed E-state index contributed by atoms with van der Waals surface area (Å²) < 4.78 is 10.6. The van der Waals surface area contributed by atoms with Crippen LogP contribution in [0.4, 0.5) is 0 Å². The molecule has 1 aromatic rings. The number of benzene rings is 1. The second kappa shape index (κ2) is 7.05. The maximum absolute atomic E-state index is 11.5. The number of carbonyl (C=O) groups excluding carboxylic acids is 2. The molecule has 0 unspecified atom stereocenters. The topological polar surface area (TPSA) is 52.6 Å². The van der Waals surface area contributed by atoms with Gasteiger partial charge in [0.15, 0.2) is 0 Å². The van der Waals surface area contributed by atoms with Gasteiger partial charge in [0.05, 0.1) is 5.56 Å². The molecule has 0 radical (unpaired) electrons. The number of hydrogen-bond donors (Lipinski definition) is 0. The molecule has 0 fully saturated rings. The maximum atomic E-state index is 11.5. The summed E-state index contributed by atoms with van der Waals surface area (Å²) in [5, 5.41) is 0. The third kappa shape index (κ3) is 4.99. The minimum Gasteiger partial charge on any atom is -0.459 e. The van der Waals surface area contributed by atoms with Crippen LogP contribution in [0.15, 0.2) is 36.9 Å². The van der Waals surface area contributed by atoms with E-state index in [0.717, 1.165) is 9.65 Å². The van der Waals surface area contributed by atoms with Crippen LogP contribution >= 0.6 is 22.6 Å². The minimum atomic E-state index is -0.532. The smallest absolute Gasteiger partial charge is 0.338 e. The Kier molecular flexibility index (Phi) is 5.68. The molecule has 0 amide bonds. The first-order valence-corrected chi connectivity index (χ1v) is 5.93. The van der Waals surface area contributed by atoms with Gasteiger partial charge in [0.1, 0.15) is 13.2 Å². The highest BCUT2D eigenvalue weighted by Crippen LogP contribution is 2.07. The molecule has 0 spiro atoms. The van der Waals surface area contributed by atoms with Gasteiger partial charge in [-0.3, -0.25) is 0 Å². The van der Waals surface area contributed by atoms with Crippen molar-refractivity contribution in [2.24, 2.45) is 0 Å². The van der Waals surface area contributed by atoms with Gasteiger partial charge in [-0.1, -0.05) is 6.58 Å². The Balaban J connectivity index is 2.32. The molecule has 0 atom stereocenters. The van der Waals surface area contributed by atoms with Crippen molar-refractivity contribution in [2.45, 2.75) is 0 Å². The normalized spacial score (nSPS) is 9.47. The Bertz CT molecular complexity index is 411. The van der Waals surface area contributed by atoms with Crippen molar-refractivity contribution in [1.29, 1.82) is 0 Å². The average Bonchev–Trinajstić information content (AvgIpc) is 2.34. The van der Waals surface area contributed by atoms with Crippen molar-refractivity contribution in [1.82, 2.24) is 0 Å². The fraction of sp³-hybridized carbons (Fsp3) is 0.167. The largest absolute Gasteiger partial charge is 0.459 e. The number of carbonyl (C=O) groups is 2. The Morgan fingerprint density at radius 1 is 1.18 bits per heavy atom. The molecule has 0 aromatic heterocycles. The lowest BCUT2D eigenvalue weighted by Crippen LogP contribution is -2.12. The fourth-order valence-corrected chi connectivity index (χ4v) is 1.36. The molecule has 4 nitrogen and oxygen atoms in total. The number of rotatable bonds is 5. The highest BCUT2D eigenvalue weighted by Gasteiger charge is 2.06. The molecule has 17 heavy (non-hydrogen) atoms. The van der Waals surface area contributed by atoms with E-state index in [4.69, 9.17) is 4.74 Å². The number of hydrogen-bond acceptors (Lipinski definition) is 4. The van der Waals surface area contributed by atoms with Gasteiger partial charge in [-0.05, 0) is 46.9 Å². The van der Waals surface area contributed by atoms with E-state index in [1.807, 2.05) is 12.1 Å². The second-order valence-corrected chi connectivity index (χ2v) is 4.26. The van der Waals surface area contributed by atoms with Crippen LogP contribution < -0.4 is 0 Å². The third-order valence-corrected chi connectivity index (χ3v) is 2.53. The Morgan fingerprint density at radius 3 is 2.35 bits per heavy atom. The predicted octanol–water partition coefficient (Wildman–Crippen LogP) is 2.18. The highest BCUT2D eigenvalue weighted by molar-refractivity contribution is 14.1. The first-order valence-electron chi connectivity index (χ1n) is 4.85. The first kappa shape index (κ1) is 13.7. The van der Waals surface area contributed by atoms with Gasteiger partial charge in [0, 0.05) is 9.65 Å². The van der Waals surface area contributed by atoms with Gasteiger partial charge >= 0.3 is 11.9 Å². The van der Waals surface area contributed by atoms with Crippen LogP contribution in [0.5, 0.6) is 0 Å². The molecule has 90 valence electrons. The summed E-state index contributed by atoms with van der Waals surface area (Å²) in [5.74, 6) is -0.966. The number of esters is 2. The summed E-state index contributed by atoms with van der Waals surface area (Å²) in [5.41, 5.74) is 0.473. The third-order valence-electron chi connectivity index (χ3n) is 1.81. The van der Waals surface area contributed by atoms with E-state index < -0.39 is 11.9 Å². The summed E-state index contributed by atoms with van der Waals surface area (Å²) in [6.07, 6.45) is 1.06. The number of halogens is 1. The van der Waals surface area contributed by atoms with E-state index in [0.29, 0.717) is 5.56 Å². The van der Waals surface area contributed by atoms with E-state index >= 15 is 0 Å². The lowest BCUT2D eigenvalue weighted by molar-refractivity contribution is -0.138. The SMILES string of the molecule is C=CC(=O)OCCOC(=O)c1ccc(I)cc1. The van der Waals surface area contributed by atoms with Crippen LogP contribution in [0.1, 0.15) is 10.4 Å². The van der Waals surface area contributed by atoms with E-state index in [-0.39, 0.29) is 13.2 Å². The van der Waals surface area contributed by atoms with E-state index in [1.54, 1.807) is 12.1 Å². The van der Waals surface area contributed by atoms with Crippen molar-refractivity contribution < 1.29 is 19.1 Å². The summed E-state index contributed by atoms with van der Waals surface area (Å²) in [6.45, 7) is 3.31. The lowest BCUT2D eigenvalue weighted by Gasteiger charge is -2.05. The molecule has 0 aliphatic rings. The summed E-state index contributed by atoms with van der Waals surface area (Å²) in [4.78, 5) is 22.2. The Hall–Kier alpha value is -1.37. The molecule has 0 aliphatic heterocycles. The quantitative estimate of drug-likeness (QED) is 0.355. The van der Waals surface area contributed by atoms with Crippen LogP contribution in [-0.2, 0) is 14.3 Å². The molecular weight excluding hydrogens is 335 g/mol. The van der Waals surface area contributed by atoms with E-state index in [9.17, 15) is 9.59 Å². The van der Waals surface area contributed by atoms with Crippen LogP contribution in [0.25, 0.3) is 0 Å². The molecule has 1 aromatic carbocycles. The molecule has 0 heterocycles. The van der Waals surface area contributed by atoms with E-state index in [1.165, 1.54) is 0 Å². The maximum Gasteiger partial charge on any atom is 0.338 e. The van der Waals surface area contributed by atoms with Gasteiger partial charge < -0.3 is 9.47 Å². The standard InChI is InChI=1S/C12H11IO4/c1-2-11(14)16-7-8-17-12(15)9-3-5-10(13)6-4-9/h2-6H,1,7-8H2. The van der Waals surface area contributed by atoms with Crippen molar-refractivity contribution in [3.05, 3.63) is 46.1 Å². The molecule has 1 rings (SSSR count). The van der Waals surface area contributed by atoms with Crippen LogP contribution in [0.2, 0.25) is 0 Å². The summed E-state index contributed by atoms with van der Waals surface area (Å²) in [7, 11) is 0. The van der Waals surface area contributed by atoms with E-state index in [2.05, 4.69) is 33.9 Å². The molecule has 5 heteroatoms. The second-order valence-electron chi connectivity index (χ2n) is 3.01. The first-order chi connectivity index (χ1) is 8.13. The van der Waals surface area contributed by atoms with Gasteiger partial charge in [0.2, 0.25) is 0 Å². The van der Waals surface area contributed by atoms with Crippen LogP contribution in [0.3, 0.4) is 0 Å². The number of ether oxygens (including phenoxy) is 2. The zero-order valence-corrected chi connectivity index (χ0v) is 11.2. The highest BCUT2D eigenvalue weighted by atomic mass is 127. The lowest BCUT2D eigenvalue weighted by atomic mass is 10.2. The zero-order valence-electron chi connectivity index (χ0n) is 9.02. The van der Waals surface area contributed by atoms with Gasteiger partial charge in [-0.2, -0.15) is 0 Å². The van der Waals surface area contributed by atoms with Gasteiger partial charge in [-0.25, -0.2) is 9.59 Å². The molecule has 0 bridgehead atoms. The molecular formula is C12H11IO4. The summed E-state index contributed by atoms with van der Waals surface area (Å²) >= 11 is 2.15. The molecule has 0 N–H and O–H groups in total.